The van der Waals surface area contributed by atoms with Crippen LogP contribution >= 0.6 is 0 Å². The molecule has 4 nitrogen and oxygen atoms in total. The standard InChI is InChI=1S/C12H11NO3/c1-7(14)10-5-8-3-4-9(13-2)6-11(8)16-12(10)15/h3-6,13H,1-2H3. The summed E-state index contributed by atoms with van der Waals surface area (Å²) in [5, 5.41) is 3.69. The van der Waals surface area contributed by atoms with Crippen LogP contribution in [0.3, 0.4) is 0 Å². The van der Waals surface area contributed by atoms with Gasteiger partial charge in [-0.1, -0.05) is 0 Å². The van der Waals surface area contributed by atoms with Gasteiger partial charge >= 0.3 is 5.63 Å². The van der Waals surface area contributed by atoms with Gasteiger partial charge in [0.05, 0.1) is 0 Å². The van der Waals surface area contributed by atoms with Crippen molar-refractivity contribution in [2.24, 2.45) is 0 Å². The zero-order valence-corrected chi connectivity index (χ0v) is 9.03. The maximum atomic E-state index is 11.5. The van der Waals surface area contributed by atoms with Crippen LogP contribution in [0, 0.1) is 0 Å². The van der Waals surface area contributed by atoms with Gasteiger partial charge < -0.3 is 9.73 Å². The second kappa shape index (κ2) is 3.81. The molecule has 0 aliphatic carbocycles. The Kier molecular flexibility index (Phi) is 2.48. The van der Waals surface area contributed by atoms with Crippen molar-refractivity contribution < 1.29 is 9.21 Å². The number of nitrogens with one attached hydrogen (secondary N) is 1. The lowest BCUT2D eigenvalue weighted by Crippen LogP contribution is -2.10. The predicted octanol–water partition coefficient (Wildman–Crippen LogP) is 2.04. The van der Waals surface area contributed by atoms with E-state index in [-0.39, 0.29) is 11.3 Å². The topological polar surface area (TPSA) is 59.3 Å². The van der Waals surface area contributed by atoms with Crippen LogP contribution < -0.4 is 10.9 Å². The zero-order chi connectivity index (χ0) is 11.7. The average molecular weight is 217 g/mol. The second-order valence-electron chi connectivity index (χ2n) is 3.51. The SMILES string of the molecule is CNc1ccc2cc(C(C)=O)c(=O)oc2c1. The fourth-order valence-corrected chi connectivity index (χ4v) is 1.51. The highest BCUT2D eigenvalue weighted by Crippen LogP contribution is 2.18. The number of fused-ring (bicyclic) bond motifs is 1. The largest absolute Gasteiger partial charge is 0.422 e. The molecule has 0 spiro atoms. The van der Waals surface area contributed by atoms with Crippen LogP contribution in [-0.2, 0) is 0 Å². The monoisotopic (exact) mass is 217 g/mol. The van der Waals surface area contributed by atoms with E-state index in [2.05, 4.69) is 5.32 Å². The van der Waals surface area contributed by atoms with Crippen molar-refractivity contribution in [2.45, 2.75) is 6.92 Å². The number of Topliss-reactive ketones (excluding diaryl/α,β-unsaturated/α-hetero) is 1. The van der Waals surface area contributed by atoms with E-state index in [0.717, 1.165) is 11.1 Å². The Balaban J connectivity index is 2.74. The highest BCUT2D eigenvalue weighted by molar-refractivity contribution is 5.96. The van der Waals surface area contributed by atoms with E-state index in [1.54, 1.807) is 25.2 Å². The summed E-state index contributed by atoms with van der Waals surface area (Å²) in [4.78, 5) is 22.6. The number of hydrogen-bond donors (Lipinski definition) is 1. The molecule has 82 valence electrons. The Morgan fingerprint density at radius 3 is 2.69 bits per heavy atom. The van der Waals surface area contributed by atoms with Gasteiger partial charge in [-0.25, -0.2) is 4.79 Å². The molecule has 16 heavy (non-hydrogen) atoms. The van der Waals surface area contributed by atoms with Crippen molar-refractivity contribution >= 4 is 22.4 Å². The molecule has 0 radical (unpaired) electrons. The molecule has 2 aromatic rings. The van der Waals surface area contributed by atoms with E-state index in [9.17, 15) is 9.59 Å². The van der Waals surface area contributed by atoms with Crippen LogP contribution in [0.4, 0.5) is 5.69 Å². The molecule has 1 N–H and O–H groups in total. The number of ketones is 1. The summed E-state index contributed by atoms with van der Waals surface area (Å²) in [5.41, 5.74) is 0.825. The fraction of sp³-hybridized carbons (Fsp3) is 0.167. The minimum absolute atomic E-state index is 0.0877. The van der Waals surface area contributed by atoms with Gasteiger partial charge in [-0.15, -0.1) is 0 Å². The average Bonchev–Trinajstić information content (AvgIpc) is 2.27. The molecule has 0 atom stereocenters. The molecule has 0 saturated heterocycles. The third kappa shape index (κ3) is 1.69. The first-order valence-electron chi connectivity index (χ1n) is 4.88. The summed E-state index contributed by atoms with van der Waals surface area (Å²) >= 11 is 0. The van der Waals surface area contributed by atoms with Crippen molar-refractivity contribution in [3.63, 3.8) is 0 Å². The molecule has 0 amide bonds. The lowest BCUT2D eigenvalue weighted by atomic mass is 10.1. The van der Waals surface area contributed by atoms with Crippen LogP contribution in [0.25, 0.3) is 11.0 Å². The fourth-order valence-electron chi connectivity index (χ4n) is 1.51. The van der Waals surface area contributed by atoms with Gasteiger partial charge in [0.15, 0.2) is 5.78 Å². The van der Waals surface area contributed by atoms with E-state index in [1.165, 1.54) is 6.92 Å². The second-order valence-corrected chi connectivity index (χ2v) is 3.51. The normalized spacial score (nSPS) is 10.4. The maximum Gasteiger partial charge on any atom is 0.347 e. The van der Waals surface area contributed by atoms with Crippen LogP contribution in [0.2, 0.25) is 0 Å². The van der Waals surface area contributed by atoms with Crippen LogP contribution in [0.15, 0.2) is 33.5 Å². The number of carbonyl (C=O) groups is 1. The smallest absolute Gasteiger partial charge is 0.347 e. The van der Waals surface area contributed by atoms with Crippen molar-refractivity contribution in [3.8, 4) is 0 Å². The van der Waals surface area contributed by atoms with Crippen LogP contribution in [0.1, 0.15) is 17.3 Å². The molecular formula is C12H11NO3. The molecule has 1 aromatic carbocycles. The first kappa shape index (κ1) is 10.4. The molecule has 0 bridgehead atoms. The van der Waals surface area contributed by atoms with Crippen LogP contribution in [0.5, 0.6) is 0 Å². The van der Waals surface area contributed by atoms with E-state index < -0.39 is 5.63 Å². The molecule has 4 heteroatoms. The van der Waals surface area contributed by atoms with Gasteiger partial charge in [-0.2, -0.15) is 0 Å². The first-order valence-corrected chi connectivity index (χ1v) is 4.88. The summed E-state index contributed by atoms with van der Waals surface area (Å²) in [6.45, 7) is 1.35. The predicted molar refractivity (Wildman–Crippen MR) is 62.0 cm³/mol. The third-order valence-electron chi connectivity index (χ3n) is 2.40. The quantitative estimate of drug-likeness (QED) is 0.617. The van der Waals surface area contributed by atoms with E-state index in [1.807, 2.05) is 6.07 Å². The Morgan fingerprint density at radius 1 is 1.31 bits per heavy atom. The molecule has 0 aliphatic heterocycles. The number of carbonyl (C=O) groups excluding carboxylic acids is 1. The van der Waals surface area contributed by atoms with Crippen LogP contribution in [-0.4, -0.2) is 12.8 Å². The van der Waals surface area contributed by atoms with E-state index in [0.29, 0.717) is 5.58 Å². The lowest BCUT2D eigenvalue weighted by Gasteiger charge is -2.02. The molecule has 0 saturated carbocycles. The number of hydrogen-bond acceptors (Lipinski definition) is 4. The Labute approximate surface area is 91.9 Å². The maximum absolute atomic E-state index is 11.5. The third-order valence-corrected chi connectivity index (χ3v) is 2.40. The molecule has 0 aliphatic rings. The highest BCUT2D eigenvalue weighted by Gasteiger charge is 2.09. The molecule has 1 heterocycles. The van der Waals surface area contributed by atoms with Crippen molar-refractivity contribution in [1.29, 1.82) is 0 Å². The van der Waals surface area contributed by atoms with Gasteiger partial charge in [0.1, 0.15) is 11.1 Å². The first-order chi connectivity index (χ1) is 7.61. The Morgan fingerprint density at radius 2 is 2.06 bits per heavy atom. The minimum atomic E-state index is -0.590. The van der Waals surface area contributed by atoms with Crippen molar-refractivity contribution in [3.05, 3.63) is 40.2 Å². The Bertz CT molecular complexity index is 613. The molecule has 2 rings (SSSR count). The molecular weight excluding hydrogens is 206 g/mol. The molecule has 0 fully saturated rings. The van der Waals surface area contributed by atoms with E-state index >= 15 is 0 Å². The number of rotatable bonds is 2. The van der Waals surface area contributed by atoms with Gasteiger partial charge in [0.2, 0.25) is 0 Å². The Hall–Kier alpha value is -2.10. The van der Waals surface area contributed by atoms with Gasteiger partial charge in [0.25, 0.3) is 0 Å². The highest BCUT2D eigenvalue weighted by atomic mass is 16.4. The summed E-state index contributed by atoms with van der Waals surface area (Å²) in [5.74, 6) is -0.284. The van der Waals surface area contributed by atoms with Gasteiger partial charge in [-0.05, 0) is 25.1 Å². The summed E-state index contributed by atoms with van der Waals surface area (Å²) in [7, 11) is 1.78. The van der Waals surface area contributed by atoms with Gasteiger partial charge in [0, 0.05) is 24.2 Å². The molecule has 1 aromatic heterocycles. The van der Waals surface area contributed by atoms with Gasteiger partial charge in [-0.3, -0.25) is 4.79 Å². The summed E-state index contributed by atoms with van der Waals surface area (Å²) < 4.78 is 5.08. The number of benzene rings is 1. The molecule has 0 unspecified atom stereocenters. The van der Waals surface area contributed by atoms with E-state index in [4.69, 9.17) is 4.42 Å². The van der Waals surface area contributed by atoms with Crippen molar-refractivity contribution in [2.75, 3.05) is 12.4 Å². The zero-order valence-electron chi connectivity index (χ0n) is 9.03. The summed E-state index contributed by atoms with van der Waals surface area (Å²) in [6, 6.07) is 6.94. The minimum Gasteiger partial charge on any atom is -0.422 e. The van der Waals surface area contributed by atoms with Crippen molar-refractivity contribution in [1.82, 2.24) is 0 Å². The number of anilines is 1. The summed E-state index contributed by atoms with van der Waals surface area (Å²) in [6.07, 6.45) is 0. The lowest BCUT2D eigenvalue weighted by molar-refractivity contribution is 0.101.